The monoisotopic (exact) mass is 642 g/mol. The average Bonchev–Trinajstić information content (AvgIpc) is 3.58. The molecule has 0 N–H and O–H groups in total. The second kappa shape index (κ2) is 13.0. The molecule has 1 aromatic heterocycles. The number of amides is 1. The van der Waals surface area contributed by atoms with Crippen molar-refractivity contribution in [2.24, 2.45) is 11.3 Å². The SMILES string of the molecule is CCOC(=O)[C@@H]1[C@H](C(C)(C)C)[C@H](OCc2cc(C3CCC3)cnc2OC)[C@H](c2ccccc2Br)N1C(=O)[C@@H]1CCCO1. The van der Waals surface area contributed by atoms with Gasteiger partial charge in [0.15, 0.2) is 0 Å². The first kappa shape index (κ1) is 31.0. The van der Waals surface area contributed by atoms with E-state index in [4.69, 9.17) is 18.9 Å². The Balaban J connectivity index is 1.60. The lowest BCUT2D eigenvalue weighted by atomic mass is 9.73. The number of hydrogen-bond donors (Lipinski definition) is 0. The molecule has 9 heteroatoms. The number of benzene rings is 1. The lowest BCUT2D eigenvalue weighted by Crippen LogP contribution is -2.50. The molecule has 2 aliphatic heterocycles. The zero-order chi connectivity index (χ0) is 30.0. The largest absolute Gasteiger partial charge is 0.481 e. The molecule has 0 radical (unpaired) electrons. The van der Waals surface area contributed by atoms with Gasteiger partial charge in [-0.15, -0.1) is 0 Å². The molecule has 0 unspecified atom stereocenters. The van der Waals surface area contributed by atoms with Crippen LogP contribution in [0.5, 0.6) is 5.88 Å². The standard InChI is InChI=1S/C33H43BrN2O6/c1-6-40-32(38)28-26(33(2,3)4)29(42-19-22-17-21(20-11-9-12-20)18-35-30(22)39-5)27(23-13-7-8-14-24(23)34)36(28)31(37)25-15-10-16-41-25/h7-8,13-14,17-18,20,25-29H,6,9-12,15-16,19H2,1-5H3/t25-,26-,27-,28-,29-/m0/s1. The Hall–Kier alpha value is -2.49. The Morgan fingerprint density at radius 1 is 1.14 bits per heavy atom. The number of carbonyl (C=O) groups is 2. The van der Waals surface area contributed by atoms with Crippen LogP contribution in [-0.2, 0) is 30.4 Å². The molecule has 1 amide bonds. The van der Waals surface area contributed by atoms with Gasteiger partial charge < -0.3 is 23.8 Å². The number of nitrogens with zero attached hydrogens (tertiary/aromatic N) is 2. The van der Waals surface area contributed by atoms with Gasteiger partial charge in [0.2, 0.25) is 5.88 Å². The predicted octanol–water partition coefficient (Wildman–Crippen LogP) is 6.36. The van der Waals surface area contributed by atoms with Crippen molar-refractivity contribution < 1.29 is 28.5 Å². The smallest absolute Gasteiger partial charge is 0.329 e. The number of ether oxygens (including phenoxy) is 4. The first-order chi connectivity index (χ1) is 20.2. The van der Waals surface area contributed by atoms with Crippen LogP contribution in [0.3, 0.4) is 0 Å². The minimum atomic E-state index is -0.843. The maximum atomic E-state index is 14.3. The van der Waals surface area contributed by atoms with Crippen molar-refractivity contribution in [1.82, 2.24) is 9.88 Å². The number of methoxy groups -OCH3 is 1. The molecule has 3 fully saturated rings. The first-order valence-electron chi connectivity index (χ1n) is 15.1. The molecule has 3 heterocycles. The van der Waals surface area contributed by atoms with Gasteiger partial charge in [-0.25, -0.2) is 9.78 Å². The molecule has 8 nitrogen and oxygen atoms in total. The molecule has 228 valence electrons. The molecule has 5 atom stereocenters. The third-order valence-corrected chi connectivity index (χ3v) is 9.69. The normalized spacial score (nSPS) is 26.2. The number of pyridine rings is 1. The Morgan fingerprint density at radius 2 is 1.90 bits per heavy atom. The van der Waals surface area contributed by atoms with Crippen molar-refractivity contribution in [2.75, 3.05) is 20.3 Å². The summed E-state index contributed by atoms with van der Waals surface area (Å²) in [6.45, 7) is 9.05. The summed E-state index contributed by atoms with van der Waals surface area (Å²) in [5.41, 5.74) is 2.52. The summed E-state index contributed by atoms with van der Waals surface area (Å²) in [6, 6.07) is 8.59. The second-order valence-corrected chi connectivity index (χ2v) is 13.5. The quantitative estimate of drug-likeness (QED) is 0.294. The number of hydrogen-bond acceptors (Lipinski definition) is 7. The van der Waals surface area contributed by atoms with E-state index in [0.717, 1.165) is 34.9 Å². The Kier molecular flexibility index (Phi) is 9.59. The molecule has 2 saturated heterocycles. The first-order valence-corrected chi connectivity index (χ1v) is 15.9. The zero-order valence-corrected chi connectivity index (χ0v) is 26.9. The number of halogens is 1. The molecule has 0 bridgehead atoms. The Morgan fingerprint density at radius 3 is 2.50 bits per heavy atom. The van der Waals surface area contributed by atoms with E-state index in [2.05, 4.69) is 47.8 Å². The summed E-state index contributed by atoms with van der Waals surface area (Å²) in [7, 11) is 1.62. The average molecular weight is 644 g/mol. The van der Waals surface area contributed by atoms with Crippen molar-refractivity contribution in [3.05, 3.63) is 57.7 Å². The molecule has 42 heavy (non-hydrogen) atoms. The van der Waals surface area contributed by atoms with Gasteiger partial charge in [-0.2, -0.15) is 0 Å². The Labute approximate surface area is 257 Å². The zero-order valence-electron chi connectivity index (χ0n) is 25.3. The predicted molar refractivity (Wildman–Crippen MR) is 162 cm³/mol. The van der Waals surface area contributed by atoms with Crippen LogP contribution in [0.1, 0.15) is 88.4 Å². The van der Waals surface area contributed by atoms with Crippen LogP contribution in [0.2, 0.25) is 0 Å². The van der Waals surface area contributed by atoms with E-state index in [1.54, 1.807) is 18.9 Å². The van der Waals surface area contributed by atoms with Crippen LogP contribution in [0.25, 0.3) is 0 Å². The molecule has 1 saturated carbocycles. The fourth-order valence-corrected chi connectivity index (χ4v) is 7.26. The highest BCUT2D eigenvalue weighted by Gasteiger charge is 2.60. The van der Waals surface area contributed by atoms with E-state index in [9.17, 15) is 9.59 Å². The van der Waals surface area contributed by atoms with Crippen LogP contribution >= 0.6 is 15.9 Å². The van der Waals surface area contributed by atoms with Gasteiger partial charge >= 0.3 is 5.97 Å². The van der Waals surface area contributed by atoms with E-state index in [0.29, 0.717) is 24.8 Å². The van der Waals surface area contributed by atoms with Crippen molar-refractivity contribution in [3.8, 4) is 5.88 Å². The van der Waals surface area contributed by atoms with Crippen molar-refractivity contribution >= 4 is 27.8 Å². The van der Waals surface area contributed by atoms with Crippen LogP contribution < -0.4 is 4.74 Å². The van der Waals surface area contributed by atoms with Crippen molar-refractivity contribution in [1.29, 1.82) is 0 Å². The van der Waals surface area contributed by atoms with Gasteiger partial charge in [-0.1, -0.05) is 61.3 Å². The van der Waals surface area contributed by atoms with Gasteiger partial charge in [0.1, 0.15) is 12.1 Å². The number of aromatic nitrogens is 1. The highest BCUT2D eigenvalue weighted by molar-refractivity contribution is 9.10. The third-order valence-electron chi connectivity index (χ3n) is 8.96. The number of carbonyl (C=O) groups excluding carboxylic acids is 2. The van der Waals surface area contributed by atoms with Crippen LogP contribution in [0.4, 0.5) is 0 Å². The molecule has 1 aromatic carbocycles. The summed E-state index contributed by atoms with van der Waals surface area (Å²) in [5, 5.41) is 0. The molecule has 3 aliphatic rings. The second-order valence-electron chi connectivity index (χ2n) is 12.6. The van der Waals surface area contributed by atoms with Crippen molar-refractivity contribution in [3.63, 3.8) is 0 Å². The number of likely N-dealkylation sites (tertiary alicyclic amines) is 1. The van der Waals surface area contributed by atoms with Gasteiger partial charge in [-0.3, -0.25) is 4.79 Å². The summed E-state index contributed by atoms with van der Waals surface area (Å²) in [5.74, 6) is 0.0515. The maximum Gasteiger partial charge on any atom is 0.329 e. The van der Waals surface area contributed by atoms with E-state index >= 15 is 0 Å². The molecule has 0 spiro atoms. The Bertz CT molecular complexity index is 1270. The van der Waals surface area contributed by atoms with E-state index in [-0.39, 0.29) is 25.0 Å². The van der Waals surface area contributed by atoms with Gasteiger partial charge in [0, 0.05) is 28.8 Å². The summed E-state index contributed by atoms with van der Waals surface area (Å²) >= 11 is 3.74. The molecule has 2 aromatic rings. The molecular formula is C33H43BrN2O6. The summed E-state index contributed by atoms with van der Waals surface area (Å²) in [6.07, 6.45) is 5.76. The lowest BCUT2D eigenvalue weighted by molar-refractivity contribution is -0.160. The fraction of sp³-hybridized carbons (Fsp3) is 0.606. The van der Waals surface area contributed by atoms with Crippen LogP contribution in [0.15, 0.2) is 41.0 Å². The minimum Gasteiger partial charge on any atom is -0.481 e. The van der Waals surface area contributed by atoms with Crippen molar-refractivity contribution in [2.45, 2.75) is 96.6 Å². The van der Waals surface area contributed by atoms with E-state index < -0.39 is 35.7 Å². The molecule has 1 aliphatic carbocycles. The summed E-state index contributed by atoms with van der Waals surface area (Å²) < 4.78 is 24.9. The maximum absolute atomic E-state index is 14.3. The van der Waals surface area contributed by atoms with Gasteiger partial charge in [-0.05, 0) is 67.2 Å². The highest BCUT2D eigenvalue weighted by Crippen LogP contribution is 2.51. The molecule has 5 rings (SSSR count). The number of esters is 1. The fourth-order valence-electron chi connectivity index (χ4n) is 6.74. The highest BCUT2D eigenvalue weighted by atomic mass is 79.9. The molecular weight excluding hydrogens is 600 g/mol. The topological polar surface area (TPSA) is 87.2 Å². The number of rotatable bonds is 9. The lowest BCUT2D eigenvalue weighted by Gasteiger charge is -2.35. The van der Waals surface area contributed by atoms with Gasteiger partial charge in [0.25, 0.3) is 5.91 Å². The minimum absolute atomic E-state index is 0.196. The van der Waals surface area contributed by atoms with E-state index in [1.807, 2.05) is 30.5 Å². The van der Waals surface area contributed by atoms with Gasteiger partial charge in [0.05, 0.1) is 32.5 Å². The van der Waals surface area contributed by atoms with Crippen LogP contribution in [0, 0.1) is 11.3 Å². The van der Waals surface area contributed by atoms with Crippen LogP contribution in [-0.4, -0.2) is 60.3 Å². The third kappa shape index (κ3) is 6.10. The van der Waals surface area contributed by atoms with E-state index in [1.165, 1.54) is 12.0 Å². The summed E-state index contributed by atoms with van der Waals surface area (Å²) in [4.78, 5) is 34.4.